The lowest BCUT2D eigenvalue weighted by Gasteiger charge is -2.07. The molecule has 0 amide bonds. The van der Waals surface area contributed by atoms with Crippen LogP contribution in [0.2, 0.25) is 0 Å². The Labute approximate surface area is 140 Å². The Morgan fingerprint density at radius 2 is 2.00 bits per heavy atom. The Balaban J connectivity index is 1.57. The van der Waals surface area contributed by atoms with Crippen molar-refractivity contribution >= 4 is 11.6 Å². The molecule has 128 valence electrons. The SMILES string of the molecule is O=C(Cc1cnc2nc(C3CC3)cn2c1)c1cccc(C(F)(F)F)n1. The van der Waals surface area contributed by atoms with Crippen molar-refractivity contribution in [3.63, 3.8) is 0 Å². The second-order valence-corrected chi connectivity index (χ2v) is 6.12. The molecule has 1 aliphatic carbocycles. The normalized spacial score (nSPS) is 14.8. The van der Waals surface area contributed by atoms with Crippen LogP contribution in [-0.4, -0.2) is 25.1 Å². The predicted molar refractivity (Wildman–Crippen MR) is 82.2 cm³/mol. The summed E-state index contributed by atoms with van der Waals surface area (Å²) in [7, 11) is 0. The van der Waals surface area contributed by atoms with Crippen LogP contribution in [-0.2, 0) is 12.6 Å². The molecule has 3 heterocycles. The molecule has 5 nitrogen and oxygen atoms in total. The number of rotatable bonds is 4. The van der Waals surface area contributed by atoms with Gasteiger partial charge in [-0.25, -0.2) is 15.0 Å². The number of nitrogens with zero attached hydrogens (tertiary/aromatic N) is 4. The minimum Gasteiger partial charge on any atom is -0.292 e. The topological polar surface area (TPSA) is 60.2 Å². The number of ketones is 1. The summed E-state index contributed by atoms with van der Waals surface area (Å²) in [4.78, 5) is 24.3. The fourth-order valence-electron chi connectivity index (χ4n) is 2.64. The largest absolute Gasteiger partial charge is 0.433 e. The van der Waals surface area contributed by atoms with Gasteiger partial charge in [-0.05, 0) is 30.5 Å². The molecule has 0 aromatic carbocycles. The molecule has 8 heteroatoms. The lowest BCUT2D eigenvalue weighted by atomic mass is 10.1. The lowest BCUT2D eigenvalue weighted by Crippen LogP contribution is -2.13. The van der Waals surface area contributed by atoms with Crippen LogP contribution in [0, 0.1) is 0 Å². The monoisotopic (exact) mass is 346 g/mol. The molecule has 4 rings (SSSR count). The Bertz CT molecular complexity index is 960. The Morgan fingerprint density at radius 3 is 2.72 bits per heavy atom. The van der Waals surface area contributed by atoms with Crippen molar-refractivity contribution < 1.29 is 18.0 Å². The highest BCUT2D eigenvalue weighted by atomic mass is 19.4. The van der Waals surface area contributed by atoms with Crippen molar-refractivity contribution in [2.24, 2.45) is 0 Å². The van der Waals surface area contributed by atoms with Crippen molar-refractivity contribution in [3.05, 3.63) is 59.4 Å². The minimum absolute atomic E-state index is 0.0752. The van der Waals surface area contributed by atoms with Crippen LogP contribution < -0.4 is 0 Å². The second kappa shape index (κ2) is 5.65. The van der Waals surface area contributed by atoms with Gasteiger partial charge >= 0.3 is 6.18 Å². The molecular formula is C17H13F3N4O. The molecule has 1 saturated carbocycles. The van der Waals surface area contributed by atoms with E-state index in [1.165, 1.54) is 18.3 Å². The number of carbonyl (C=O) groups is 1. The first-order chi connectivity index (χ1) is 11.9. The molecule has 0 atom stereocenters. The molecule has 1 fully saturated rings. The van der Waals surface area contributed by atoms with Crippen molar-refractivity contribution in [3.8, 4) is 0 Å². The Morgan fingerprint density at radius 1 is 1.20 bits per heavy atom. The number of pyridine rings is 1. The van der Waals surface area contributed by atoms with Gasteiger partial charge < -0.3 is 0 Å². The number of Topliss-reactive ketones (excluding diaryl/α,β-unsaturated/α-hetero) is 1. The van der Waals surface area contributed by atoms with E-state index in [4.69, 9.17) is 0 Å². The fourth-order valence-corrected chi connectivity index (χ4v) is 2.64. The average Bonchev–Trinajstić information content (AvgIpc) is 3.34. The van der Waals surface area contributed by atoms with E-state index in [1.54, 1.807) is 10.6 Å². The first-order valence-electron chi connectivity index (χ1n) is 7.81. The number of hydrogen-bond donors (Lipinski definition) is 0. The molecule has 25 heavy (non-hydrogen) atoms. The number of aromatic nitrogens is 4. The van der Waals surface area contributed by atoms with Crippen LogP contribution in [0.5, 0.6) is 0 Å². The van der Waals surface area contributed by atoms with E-state index in [0.29, 0.717) is 17.3 Å². The van der Waals surface area contributed by atoms with E-state index >= 15 is 0 Å². The first kappa shape index (κ1) is 15.7. The van der Waals surface area contributed by atoms with Gasteiger partial charge in [0.05, 0.1) is 5.69 Å². The second-order valence-electron chi connectivity index (χ2n) is 6.12. The van der Waals surface area contributed by atoms with Gasteiger partial charge in [0.25, 0.3) is 0 Å². The number of carbonyl (C=O) groups excluding carboxylic acids is 1. The molecular weight excluding hydrogens is 333 g/mol. The van der Waals surface area contributed by atoms with Crippen LogP contribution in [0.15, 0.2) is 36.8 Å². The molecule has 1 aliphatic rings. The summed E-state index contributed by atoms with van der Waals surface area (Å²) in [6, 6.07) is 3.31. The third kappa shape index (κ3) is 3.24. The quantitative estimate of drug-likeness (QED) is 0.679. The highest BCUT2D eigenvalue weighted by Gasteiger charge is 2.33. The number of alkyl halides is 3. The molecule has 0 saturated heterocycles. The van der Waals surface area contributed by atoms with Gasteiger partial charge in [-0.2, -0.15) is 13.2 Å². The van der Waals surface area contributed by atoms with Crippen molar-refractivity contribution in [2.75, 3.05) is 0 Å². The van der Waals surface area contributed by atoms with Crippen LogP contribution in [0.4, 0.5) is 13.2 Å². The van der Waals surface area contributed by atoms with E-state index < -0.39 is 17.7 Å². The first-order valence-corrected chi connectivity index (χ1v) is 7.81. The van der Waals surface area contributed by atoms with E-state index in [-0.39, 0.29) is 12.1 Å². The fraction of sp³-hybridized carbons (Fsp3) is 0.294. The summed E-state index contributed by atoms with van der Waals surface area (Å²) in [6.07, 6.45) is 2.72. The van der Waals surface area contributed by atoms with Crippen molar-refractivity contribution in [2.45, 2.75) is 31.4 Å². The van der Waals surface area contributed by atoms with Crippen LogP contribution >= 0.6 is 0 Å². The summed E-state index contributed by atoms with van der Waals surface area (Å²) >= 11 is 0. The summed E-state index contributed by atoms with van der Waals surface area (Å²) in [6.45, 7) is 0. The molecule has 3 aromatic heterocycles. The zero-order valence-electron chi connectivity index (χ0n) is 13.0. The number of fused-ring (bicyclic) bond motifs is 1. The number of imidazole rings is 1. The van der Waals surface area contributed by atoms with Gasteiger partial charge in [0.1, 0.15) is 11.4 Å². The van der Waals surface area contributed by atoms with E-state index in [9.17, 15) is 18.0 Å². The van der Waals surface area contributed by atoms with E-state index in [0.717, 1.165) is 24.6 Å². The van der Waals surface area contributed by atoms with Gasteiger partial charge in [0, 0.05) is 30.9 Å². The van der Waals surface area contributed by atoms with E-state index in [2.05, 4.69) is 15.0 Å². The number of hydrogen-bond acceptors (Lipinski definition) is 4. The number of halogens is 3. The summed E-state index contributed by atoms with van der Waals surface area (Å²) in [5, 5.41) is 0. The minimum atomic E-state index is -4.58. The van der Waals surface area contributed by atoms with E-state index in [1.807, 2.05) is 6.20 Å². The predicted octanol–water partition coefficient (Wildman–Crippen LogP) is 3.45. The Kier molecular flexibility index (Phi) is 3.55. The Hall–Kier alpha value is -2.77. The molecule has 0 bridgehead atoms. The van der Waals surface area contributed by atoms with Gasteiger partial charge in [0.2, 0.25) is 5.78 Å². The van der Waals surface area contributed by atoms with Crippen molar-refractivity contribution in [1.82, 2.24) is 19.4 Å². The van der Waals surface area contributed by atoms with Crippen LogP contribution in [0.1, 0.15) is 46.2 Å². The summed E-state index contributed by atoms with van der Waals surface area (Å²) in [5.74, 6) is 0.547. The zero-order chi connectivity index (χ0) is 17.6. The lowest BCUT2D eigenvalue weighted by molar-refractivity contribution is -0.141. The highest BCUT2D eigenvalue weighted by Crippen LogP contribution is 2.39. The maximum Gasteiger partial charge on any atom is 0.433 e. The van der Waals surface area contributed by atoms with Crippen LogP contribution in [0.3, 0.4) is 0 Å². The molecule has 3 aromatic rings. The molecule has 0 unspecified atom stereocenters. The van der Waals surface area contributed by atoms with Gasteiger partial charge in [-0.1, -0.05) is 6.07 Å². The van der Waals surface area contributed by atoms with Crippen LogP contribution in [0.25, 0.3) is 5.78 Å². The molecule has 0 aliphatic heterocycles. The summed E-state index contributed by atoms with van der Waals surface area (Å²) in [5.41, 5.74) is 0.293. The third-order valence-corrected chi connectivity index (χ3v) is 4.07. The molecule has 0 N–H and O–H groups in total. The molecule has 0 radical (unpaired) electrons. The zero-order valence-corrected chi connectivity index (χ0v) is 13.0. The smallest absolute Gasteiger partial charge is 0.292 e. The summed E-state index contributed by atoms with van der Waals surface area (Å²) < 4.78 is 39.9. The van der Waals surface area contributed by atoms with Gasteiger partial charge in [-0.15, -0.1) is 0 Å². The standard InChI is InChI=1S/C17H13F3N4O/c18-17(19,20)15-3-1-2-12(22-15)14(25)6-10-7-21-16-23-13(11-4-5-11)9-24(16)8-10/h1-3,7-9,11H,4-6H2. The maximum atomic E-state index is 12.7. The average molecular weight is 346 g/mol. The highest BCUT2D eigenvalue weighted by molar-refractivity contribution is 5.95. The maximum absolute atomic E-state index is 12.7. The van der Waals surface area contributed by atoms with Crippen molar-refractivity contribution in [1.29, 1.82) is 0 Å². The van der Waals surface area contributed by atoms with Gasteiger partial charge in [-0.3, -0.25) is 9.20 Å². The third-order valence-electron chi connectivity index (χ3n) is 4.07. The molecule has 0 spiro atoms. The van der Waals surface area contributed by atoms with Gasteiger partial charge in [0.15, 0.2) is 5.78 Å².